The molecule has 0 saturated carbocycles. The van der Waals surface area contributed by atoms with Gasteiger partial charge in [0, 0.05) is 18.0 Å². The number of halogens is 1. The molecule has 2 heterocycles. The molecule has 2 aromatic carbocycles. The number of nitrogens with two attached hydrogens (primary N) is 1. The van der Waals surface area contributed by atoms with Crippen molar-refractivity contribution >= 4 is 28.3 Å². The third kappa shape index (κ3) is 3.18. The molecule has 0 bridgehead atoms. The highest BCUT2D eigenvalue weighted by Gasteiger charge is 2.15. The van der Waals surface area contributed by atoms with Crippen molar-refractivity contribution in [1.29, 1.82) is 0 Å². The van der Waals surface area contributed by atoms with Crippen molar-refractivity contribution in [3.05, 3.63) is 78.4 Å². The van der Waals surface area contributed by atoms with Gasteiger partial charge in [0.15, 0.2) is 5.82 Å². The van der Waals surface area contributed by atoms with Crippen molar-refractivity contribution < 1.29 is 9.18 Å². The minimum Gasteiger partial charge on any atom is -0.366 e. The first-order chi connectivity index (χ1) is 13.1. The maximum Gasteiger partial charge on any atom is 0.250 e. The van der Waals surface area contributed by atoms with Crippen molar-refractivity contribution in [2.45, 2.75) is 0 Å². The smallest absolute Gasteiger partial charge is 0.250 e. The molecule has 132 valence electrons. The van der Waals surface area contributed by atoms with Gasteiger partial charge in [0.25, 0.3) is 5.91 Å². The van der Waals surface area contributed by atoms with Gasteiger partial charge in [-0.2, -0.15) is 0 Å². The van der Waals surface area contributed by atoms with Crippen LogP contribution in [0.25, 0.3) is 22.3 Å². The number of carbonyl (C=O) groups excluding carboxylic acids is 1. The monoisotopic (exact) mass is 359 g/mol. The molecule has 3 N–H and O–H groups in total. The van der Waals surface area contributed by atoms with Gasteiger partial charge in [-0.15, -0.1) is 0 Å². The normalized spacial score (nSPS) is 10.7. The second-order valence-corrected chi connectivity index (χ2v) is 5.81. The van der Waals surface area contributed by atoms with Crippen LogP contribution in [0.1, 0.15) is 10.4 Å². The lowest BCUT2D eigenvalue weighted by Crippen LogP contribution is -2.13. The Hall–Kier alpha value is -3.87. The van der Waals surface area contributed by atoms with E-state index in [4.69, 9.17) is 5.73 Å². The zero-order chi connectivity index (χ0) is 18.8. The predicted molar refractivity (Wildman–Crippen MR) is 101 cm³/mol. The van der Waals surface area contributed by atoms with Crippen molar-refractivity contribution in [3.8, 4) is 11.4 Å². The minimum atomic E-state index is -0.593. The SMILES string of the molecule is NC(=O)c1ccccc1Nc1nc(-c2cccnc2)nc2cccc(F)c12. The Morgan fingerprint density at radius 1 is 1.00 bits per heavy atom. The molecule has 4 aromatic rings. The van der Waals surface area contributed by atoms with E-state index in [-0.39, 0.29) is 16.8 Å². The molecule has 6 nitrogen and oxygen atoms in total. The number of para-hydroxylation sites is 1. The van der Waals surface area contributed by atoms with Crippen molar-refractivity contribution in [2.75, 3.05) is 5.32 Å². The number of nitrogens with one attached hydrogen (secondary N) is 1. The van der Waals surface area contributed by atoms with E-state index in [1.165, 1.54) is 6.07 Å². The average molecular weight is 359 g/mol. The van der Waals surface area contributed by atoms with E-state index in [9.17, 15) is 9.18 Å². The Balaban J connectivity index is 1.92. The number of aromatic nitrogens is 3. The van der Waals surface area contributed by atoms with Crippen LogP contribution >= 0.6 is 0 Å². The molecule has 7 heteroatoms. The second-order valence-electron chi connectivity index (χ2n) is 5.81. The summed E-state index contributed by atoms with van der Waals surface area (Å²) in [5.41, 5.74) is 7.28. The Kier molecular flexibility index (Phi) is 4.18. The molecule has 2 aromatic heterocycles. The van der Waals surface area contributed by atoms with Gasteiger partial charge >= 0.3 is 0 Å². The Morgan fingerprint density at radius 2 is 1.85 bits per heavy atom. The van der Waals surface area contributed by atoms with Gasteiger partial charge in [-0.05, 0) is 36.4 Å². The number of hydrogen-bond donors (Lipinski definition) is 2. The highest BCUT2D eigenvalue weighted by molar-refractivity contribution is 6.01. The Labute approximate surface area is 153 Å². The van der Waals surface area contributed by atoms with Crippen LogP contribution in [0.4, 0.5) is 15.9 Å². The molecule has 0 aliphatic carbocycles. The molecule has 0 spiro atoms. The van der Waals surface area contributed by atoms with E-state index in [2.05, 4.69) is 20.3 Å². The van der Waals surface area contributed by atoms with E-state index in [0.717, 1.165) is 0 Å². The molecule has 0 aliphatic heterocycles. The molecule has 0 fully saturated rings. The largest absolute Gasteiger partial charge is 0.366 e. The van der Waals surface area contributed by atoms with Crippen LogP contribution in [-0.2, 0) is 0 Å². The lowest BCUT2D eigenvalue weighted by Gasteiger charge is -2.13. The van der Waals surface area contributed by atoms with Crippen molar-refractivity contribution in [3.63, 3.8) is 0 Å². The first-order valence-electron chi connectivity index (χ1n) is 8.16. The first kappa shape index (κ1) is 16.6. The fourth-order valence-electron chi connectivity index (χ4n) is 2.79. The molecule has 0 atom stereocenters. The Morgan fingerprint density at radius 3 is 2.63 bits per heavy atom. The van der Waals surface area contributed by atoms with Crippen LogP contribution in [-0.4, -0.2) is 20.9 Å². The molecule has 4 rings (SSSR count). The van der Waals surface area contributed by atoms with E-state index < -0.39 is 11.7 Å². The maximum absolute atomic E-state index is 14.5. The van der Waals surface area contributed by atoms with Gasteiger partial charge < -0.3 is 11.1 Å². The quantitative estimate of drug-likeness (QED) is 0.580. The lowest BCUT2D eigenvalue weighted by molar-refractivity contribution is 0.100. The number of fused-ring (bicyclic) bond motifs is 1. The third-order valence-corrected chi connectivity index (χ3v) is 4.04. The topological polar surface area (TPSA) is 93.8 Å². The van der Waals surface area contributed by atoms with Crippen LogP contribution in [0, 0.1) is 5.82 Å². The molecule has 0 saturated heterocycles. The van der Waals surface area contributed by atoms with Crippen molar-refractivity contribution in [1.82, 2.24) is 15.0 Å². The maximum atomic E-state index is 14.5. The van der Waals surface area contributed by atoms with E-state index in [1.807, 2.05) is 6.07 Å². The van der Waals surface area contributed by atoms with E-state index >= 15 is 0 Å². The summed E-state index contributed by atoms with van der Waals surface area (Å²) in [7, 11) is 0. The summed E-state index contributed by atoms with van der Waals surface area (Å²) in [4.78, 5) is 24.7. The number of primary amides is 1. The lowest BCUT2D eigenvalue weighted by atomic mass is 10.1. The van der Waals surface area contributed by atoms with Gasteiger partial charge in [-0.25, -0.2) is 14.4 Å². The highest BCUT2D eigenvalue weighted by Crippen LogP contribution is 2.30. The van der Waals surface area contributed by atoms with Gasteiger partial charge in [0.1, 0.15) is 11.6 Å². The molecular weight excluding hydrogens is 345 g/mol. The summed E-state index contributed by atoms with van der Waals surface area (Å²) in [5.74, 6) is -0.431. The van der Waals surface area contributed by atoms with E-state index in [1.54, 1.807) is 54.9 Å². The van der Waals surface area contributed by atoms with Crippen LogP contribution in [0.15, 0.2) is 67.0 Å². The summed E-state index contributed by atoms with van der Waals surface area (Å²) in [6.07, 6.45) is 3.27. The first-order valence-corrected chi connectivity index (χ1v) is 8.16. The molecule has 0 radical (unpaired) electrons. The predicted octanol–water partition coefficient (Wildman–Crippen LogP) is 3.67. The number of rotatable bonds is 4. The zero-order valence-electron chi connectivity index (χ0n) is 14.1. The standard InChI is InChI=1S/C20H14FN5O/c21-14-7-3-9-16-17(14)20(24-15-8-2-1-6-13(15)18(22)27)26-19(25-16)12-5-4-10-23-11-12/h1-11H,(H2,22,27)(H,24,25,26). The van der Waals surface area contributed by atoms with E-state index in [0.29, 0.717) is 22.6 Å². The molecular formula is C20H14FN5O. The number of hydrogen-bond acceptors (Lipinski definition) is 5. The average Bonchev–Trinajstić information content (AvgIpc) is 2.69. The van der Waals surface area contributed by atoms with Crippen LogP contribution < -0.4 is 11.1 Å². The molecule has 1 amide bonds. The van der Waals surface area contributed by atoms with Crippen LogP contribution in [0.5, 0.6) is 0 Å². The highest BCUT2D eigenvalue weighted by atomic mass is 19.1. The second kappa shape index (κ2) is 6.80. The molecule has 27 heavy (non-hydrogen) atoms. The number of pyridine rings is 1. The van der Waals surface area contributed by atoms with Gasteiger partial charge in [-0.1, -0.05) is 18.2 Å². The molecule has 0 unspecified atom stereocenters. The minimum absolute atomic E-state index is 0.226. The molecule has 0 aliphatic rings. The number of nitrogens with zero attached hydrogens (tertiary/aromatic N) is 3. The summed E-state index contributed by atoms with van der Waals surface area (Å²) >= 11 is 0. The van der Waals surface area contributed by atoms with Gasteiger partial charge in [-0.3, -0.25) is 9.78 Å². The van der Waals surface area contributed by atoms with Crippen molar-refractivity contribution in [2.24, 2.45) is 5.73 Å². The zero-order valence-corrected chi connectivity index (χ0v) is 14.1. The van der Waals surface area contributed by atoms with Gasteiger partial charge in [0.05, 0.1) is 22.2 Å². The fraction of sp³-hybridized carbons (Fsp3) is 0. The number of benzene rings is 2. The summed E-state index contributed by atoms with van der Waals surface area (Å²) in [6, 6.07) is 14.9. The fourth-order valence-corrected chi connectivity index (χ4v) is 2.79. The van der Waals surface area contributed by atoms with Gasteiger partial charge in [0.2, 0.25) is 0 Å². The number of anilines is 2. The van der Waals surface area contributed by atoms with Crippen LogP contribution in [0.2, 0.25) is 0 Å². The number of amides is 1. The van der Waals surface area contributed by atoms with Crippen LogP contribution in [0.3, 0.4) is 0 Å². The third-order valence-electron chi connectivity index (χ3n) is 4.04. The summed E-state index contributed by atoms with van der Waals surface area (Å²) in [6.45, 7) is 0. The summed E-state index contributed by atoms with van der Waals surface area (Å²) < 4.78 is 14.5. The summed E-state index contributed by atoms with van der Waals surface area (Å²) in [5, 5.41) is 3.26. The Bertz CT molecular complexity index is 1150. The number of carbonyl (C=O) groups is 1.